The molecule has 0 saturated carbocycles. The molecule has 0 bridgehead atoms. The summed E-state index contributed by atoms with van der Waals surface area (Å²) in [4.78, 5) is 98.3. The third-order valence-corrected chi connectivity index (χ3v) is 11.7. The third kappa shape index (κ3) is 11.0. The minimum Gasteiger partial charge on any atom is -0.390 e. The number of anilines is 2. The van der Waals surface area contributed by atoms with E-state index in [-0.39, 0.29) is 23.6 Å². The Kier molecular flexibility index (Phi) is 13.8. The van der Waals surface area contributed by atoms with Gasteiger partial charge in [-0.3, -0.25) is 46.1 Å². The number of hydrogen-bond acceptors (Lipinski definition) is 22. The van der Waals surface area contributed by atoms with Crippen LogP contribution in [0.25, 0.3) is 0 Å². The van der Waals surface area contributed by atoms with Crippen molar-refractivity contribution in [2.24, 2.45) is 0 Å². The van der Waals surface area contributed by atoms with E-state index in [0.29, 0.717) is 9.13 Å². The first kappa shape index (κ1) is 46.6. The van der Waals surface area contributed by atoms with Crippen LogP contribution in [0.15, 0.2) is 49.9 Å². The number of hydrogen-bond donors (Lipinski definition) is 10. The van der Waals surface area contributed by atoms with Crippen molar-refractivity contribution >= 4 is 35.1 Å². The molecule has 0 spiro atoms. The summed E-state index contributed by atoms with van der Waals surface area (Å²) < 4.78 is 82.0. The molecule has 6 rings (SSSR count). The summed E-state index contributed by atoms with van der Waals surface area (Å²) in [7, 11) is -16.1. The molecule has 3 saturated heterocycles. The van der Waals surface area contributed by atoms with Gasteiger partial charge in [-0.15, -0.1) is 0 Å². The van der Waals surface area contributed by atoms with Gasteiger partial charge < -0.3 is 60.6 Å². The molecule has 12 N–H and O–H groups in total. The SMILES string of the molecule is Cc1cn([C@H]2C[C@H](O)[C@@H](COP(=O)(O)O[C@H]3[C@@H](O)[C@H](n4ccc(N)nc4=O)O[C@@H]3COP(=O)(O)O[C@H]3[C@@H](O)[C@H](n4ccc(N)nc4=O)O[C@@H]3COP(=O)(O)O)O2)c(=O)[nH]c1=O. The molecule has 3 aliphatic heterocycles. The molecule has 0 radical (unpaired) electrons. The summed E-state index contributed by atoms with van der Waals surface area (Å²) in [5.74, 6) is -0.468. The van der Waals surface area contributed by atoms with E-state index in [4.69, 9.17) is 43.8 Å². The fraction of sp³-hybridized carbons (Fsp3) is 0.571. The number of nitrogens with zero attached hydrogens (tertiary/aromatic N) is 5. The molecule has 30 nitrogen and oxygen atoms in total. The van der Waals surface area contributed by atoms with Gasteiger partial charge in [-0.25, -0.2) is 28.1 Å². The average Bonchev–Trinajstić information content (AvgIpc) is 3.78. The normalized spacial score (nSPS) is 31.2. The Morgan fingerprint density at radius 3 is 1.66 bits per heavy atom. The number of aliphatic hydroxyl groups is 3. The Morgan fingerprint density at radius 2 is 1.20 bits per heavy atom. The van der Waals surface area contributed by atoms with E-state index in [1.165, 1.54) is 13.1 Å². The van der Waals surface area contributed by atoms with Crippen molar-refractivity contribution in [2.45, 2.75) is 80.9 Å². The maximum absolute atomic E-state index is 13.4. The predicted octanol–water partition coefficient (Wildman–Crippen LogP) is -4.20. The van der Waals surface area contributed by atoms with E-state index < -0.39 is 133 Å². The van der Waals surface area contributed by atoms with Gasteiger partial charge in [-0.05, 0) is 19.1 Å². The number of nitrogen functional groups attached to an aromatic ring is 2. The van der Waals surface area contributed by atoms with E-state index >= 15 is 0 Å². The lowest BCUT2D eigenvalue weighted by Crippen LogP contribution is -2.39. The first-order valence-corrected chi connectivity index (χ1v) is 22.0. The van der Waals surface area contributed by atoms with Crippen LogP contribution in [0, 0.1) is 6.92 Å². The summed E-state index contributed by atoms with van der Waals surface area (Å²) in [6.45, 7) is -1.71. The van der Waals surface area contributed by atoms with Crippen LogP contribution < -0.4 is 34.1 Å². The van der Waals surface area contributed by atoms with Crippen LogP contribution >= 0.6 is 23.5 Å². The highest BCUT2D eigenvalue weighted by atomic mass is 31.2. The number of aromatic nitrogens is 6. The number of nitrogens with one attached hydrogen (secondary N) is 1. The number of ether oxygens (including phenoxy) is 3. The largest absolute Gasteiger partial charge is 0.472 e. The zero-order valence-corrected chi connectivity index (χ0v) is 33.7. The number of aryl methyl sites for hydroxylation is 1. The van der Waals surface area contributed by atoms with Crippen molar-refractivity contribution in [3.63, 3.8) is 0 Å². The first-order chi connectivity index (χ1) is 28.4. The van der Waals surface area contributed by atoms with Crippen molar-refractivity contribution in [2.75, 3.05) is 31.3 Å². The van der Waals surface area contributed by atoms with Crippen LogP contribution in [0.3, 0.4) is 0 Å². The molecule has 338 valence electrons. The third-order valence-electron chi connectivity index (χ3n) is 9.25. The van der Waals surface area contributed by atoms with Crippen molar-refractivity contribution in [1.82, 2.24) is 28.7 Å². The summed E-state index contributed by atoms with van der Waals surface area (Å²) in [5.41, 5.74) is 7.49. The van der Waals surface area contributed by atoms with Gasteiger partial charge >= 0.3 is 40.5 Å². The second kappa shape index (κ2) is 18.1. The molecule has 33 heteroatoms. The summed E-state index contributed by atoms with van der Waals surface area (Å²) in [5, 5.41) is 32.9. The van der Waals surface area contributed by atoms with Gasteiger partial charge in [-0.2, -0.15) is 9.97 Å². The molecule has 3 aliphatic rings. The minimum atomic E-state index is -5.53. The van der Waals surface area contributed by atoms with Gasteiger partial charge in [0.15, 0.2) is 12.5 Å². The highest BCUT2D eigenvalue weighted by Gasteiger charge is 2.53. The number of aliphatic hydroxyl groups excluding tert-OH is 3. The van der Waals surface area contributed by atoms with Crippen molar-refractivity contribution in [3.8, 4) is 0 Å². The van der Waals surface area contributed by atoms with E-state index in [2.05, 4.69) is 19.5 Å². The van der Waals surface area contributed by atoms with Gasteiger partial charge in [0.25, 0.3) is 5.56 Å². The Bertz CT molecular complexity index is 2480. The van der Waals surface area contributed by atoms with Crippen LogP contribution in [-0.4, -0.2) is 132 Å². The Hall–Kier alpha value is -3.87. The lowest BCUT2D eigenvalue weighted by atomic mass is 10.1. The maximum atomic E-state index is 13.4. The molecule has 3 aromatic rings. The number of rotatable bonds is 16. The molecule has 0 aromatic carbocycles. The monoisotopic (exact) mass is 932 g/mol. The molecule has 3 fully saturated rings. The predicted molar refractivity (Wildman–Crippen MR) is 196 cm³/mol. The van der Waals surface area contributed by atoms with Crippen LogP contribution in [0.2, 0.25) is 0 Å². The minimum absolute atomic E-state index is 0.141. The van der Waals surface area contributed by atoms with Crippen LogP contribution in [0.5, 0.6) is 0 Å². The maximum Gasteiger partial charge on any atom is 0.472 e. The lowest BCUT2D eigenvalue weighted by Gasteiger charge is -2.26. The summed E-state index contributed by atoms with van der Waals surface area (Å²) in [6.07, 6.45) is -16.3. The highest BCUT2D eigenvalue weighted by Crippen LogP contribution is 2.52. The van der Waals surface area contributed by atoms with E-state index in [1.54, 1.807) is 0 Å². The zero-order chi connectivity index (χ0) is 44.8. The molecule has 0 aliphatic carbocycles. The second-order valence-electron chi connectivity index (χ2n) is 13.6. The van der Waals surface area contributed by atoms with Crippen molar-refractivity contribution in [3.05, 3.63) is 78.1 Å². The second-order valence-corrected chi connectivity index (χ2v) is 17.6. The van der Waals surface area contributed by atoms with Gasteiger partial charge in [0, 0.05) is 30.6 Å². The number of nitrogens with two attached hydrogens (primary N) is 2. The van der Waals surface area contributed by atoms with Gasteiger partial charge in [0.2, 0.25) is 0 Å². The van der Waals surface area contributed by atoms with Crippen LogP contribution in [0.4, 0.5) is 11.6 Å². The van der Waals surface area contributed by atoms with E-state index in [0.717, 1.165) is 29.1 Å². The summed E-state index contributed by atoms with van der Waals surface area (Å²) >= 11 is 0. The lowest BCUT2D eigenvalue weighted by molar-refractivity contribution is -0.0629. The van der Waals surface area contributed by atoms with Crippen molar-refractivity contribution in [1.29, 1.82) is 0 Å². The highest BCUT2D eigenvalue weighted by molar-refractivity contribution is 7.47. The number of H-pyrrole nitrogens is 1. The van der Waals surface area contributed by atoms with Gasteiger partial charge in [-0.1, -0.05) is 0 Å². The number of phosphoric acid groups is 3. The van der Waals surface area contributed by atoms with Crippen LogP contribution in [-0.2, 0) is 50.5 Å². The zero-order valence-electron chi connectivity index (χ0n) is 31.1. The Morgan fingerprint density at radius 1 is 0.738 bits per heavy atom. The smallest absolute Gasteiger partial charge is 0.390 e. The summed E-state index contributed by atoms with van der Waals surface area (Å²) in [6, 6.07) is 2.25. The van der Waals surface area contributed by atoms with Gasteiger partial charge in [0.05, 0.1) is 25.9 Å². The van der Waals surface area contributed by atoms with Crippen LogP contribution in [0.1, 0.15) is 30.7 Å². The fourth-order valence-electron chi connectivity index (χ4n) is 6.38. The average molecular weight is 933 g/mol. The molecule has 0 amide bonds. The van der Waals surface area contributed by atoms with Crippen molar-refractivity contribution < 1.29 is 85.4 Å². The van der Waals surface area contributed by atoms with E-state index in [1.807, 2.05) is 0 Å². The molecule has 13 atom stereocenters. The number of aromatic amines is 1. The first-order valence-electron chi connectivity index (χ1n) is 17.5. The standard InChI is InChI=1S/C28H39N8O22P3/c1-11-7-36(28(43)33-23(11)40)18-6-12(37)13(54-18)8-52-60(47,48)58-22-15(56-25(20(22)39)35-5-3-17(30)32-27(35)42)10-53-61(49,50)57-21-14(9-51-59(44,45)46)55-24(19(21)38)34-4-2-16(29)31-26(34)41/h2-5,7,12-15,18-22,24-25,37-39H,6,8-10H2,1H3,(H,47,48)(H,49,50)(H2,29,31,41)(H2,30,32,42)(H,33,40,43)(H2,44,45,46)/t12-,13+,14+,15+,18+,19+,20+,21+,22+,24+,25+/m0/s1. The molecule has 6 heterocycles. The Labute approximate surface area is 339 Å². The fourth-order valence-corrected chi connectivity index (χ4v) is 8.65. The number of phosphoric ester groups is 3. The Balaban J connectivity index is 1.18. The van der Waals surface area contributed by atoms with E-state index in [9.17, 15) is 67.8 Å². The quantitative estimate of drug-likeness (QED) is 0.0609. The topological polar surface area (TPSA) is 443 Å². The molecule has 61 heavy (non-hydrogen) atoms. The molecular formula is C28H39N8O22P3. The molecular weight excluding hydrogens is 893 g/mol. The molecule has 2 unspecified atom stereocenters. The molecule has 3 aromatic heterocycles. The van der Waals surface area contributed by atoms with Gasteiger partial charge in [0.1, 0.15) is 60.6 Å².